The molecule has 0 saturated heterocycles. The van der Waals surface area contributed by atoms with Crippen molar-refractivity contribution in [3.63, 3.8) is 0 Å². The minimum atomic E-state index is -3.42. The van der Waals surface area contributed by atoms with Gasteiger partial charge in [-0.1, -0.05) is 42.0 Å². The molecule has 144 valence electrons. The van der Waals surface area contributed by atoms with Crippen LogP contribution in [0, 0.1) is 20.8 Å². The molecule has 0 bridgehead atoms. The number of hydrogen-bond acceptors (Lipinski definition) is 3. The van der Waals surface area contributed by atoms with Crippen LogP contribution in [0.2, 0.25) is 0 Å². The highest BCUT2D eigenvalue weighted by atomic mass is 32.2. The standard InChI is InChI=1S/C23H23NO3S/c1-16-5-12-21(13-6-16)28(26,27)15-19-8-10-20(11-9-19)23(25)24-22-14-17(2)4-7-18(22)3/h4-14H,15H2,1-3H3,(H,24,25). The van der Waals surface area contributed by atoms with Crippen molar-refractivity contribution in [2.75, 3.05) is 5.32 Å². The van der Waals surface area contributed by atoms with E-state index in [1.807, 2.05) is 39.0 Å². The van der Waals surface area contributed by atoms with Crippen molar-refractivity contribution in [3.8, 4) is 0 Å². The first-order chi connectivity index (χ1) is 13.2. The van der Waals surface area contributed by atoms with Gasteiger partial charge in [-0.05, 0) is 67.8 Å². The fourth-order valence-electron chi connectivity index (χ4n) is 2.87. The van der Waals surface area contributed by atoms with Crippen LogP contribution in [0.3, 0.4) is 0 Å². The lowest BCUT2D eigenvalue weighted by atomic mass is 10.1. The zero-order valence-corrected chi connectivity index (χ0v) is 17.0. The molecular formula is C23H23NO3S. The number of aryl methyl sites for hydroxylation is 3. The zero-order chi connectivity index (χ0) is 20.3. The molecule has 3 rings (SSSR count). The van der Waals surface area contributed by atoms with Crippen molar-refractivity contribution < 1.29 is 13.2 Å². The maximum atomic E-state index is 12.6. The average Bonchev–Trinajstić information content (AvgIpc) is 2.65. The average molecular weight is 394 g/mol. The van der Waals surface area contributed by atoms with E-state index in [2.05, 4.69) is 5.32 Å². The molecule has 0 heterocycles. The monoisotopic (exact) mass is 393 g/mol. The van der Waals surface area contributed by atoms with Gasteiger partial charge < -0.3 is 5.32 Å². The molecule has 0 atom stereocenters. The van der Waals surface area contributed by atoms with Gasteiger partial charge in [0.1, 0.15) is 0 Å². The van der Waals surface area contributed by atoms with Crippen molar-refractivity contribution in [2.45, 2.75) is 31.4 Å². The third-order valence-electron chi connectivity index (χ3n) is 4.59. The molecule has 5 heteroatoms. The lowest BCUT2D eigenvalue weighted by molar-refractivity contribution is 0.102. The number of carbonyl (C=O) groups excluding carboxylic acids is 1. The molecule has 0 unspecified atom stereocenters. The molecule has 0 fully saturated rings. The first-order valence-corrected chi connectivity index (χ1v) is 10.7. The Kier molecular flexibility index (Phi) is 5.66. The molecule has 3 aromatic carbocycles. The molecule has 0 saturated carbocycles. The Bertz CT molecular complexity index is 1100. The van der Waals surface area contributed by atoms with Crippen LogP contribution >= 0.6 is 0 Å². The predicted octanol–water partition coefficient (Wildman–Crippen LogP) is 4.84. The zero-order valence-electron chi connectivity index (χ0n) is 16.2. The van der Waals surface area contributed by atoms with E-state index in [1.54, 1.807) is 48.5 Å². The minimum Gasteiger partial charge on any atom is -0.322 e. The van der Waals surface area contributed by atoms with Crippen LogP contribution in [0.25, 0.3) is 0 Å². The van der Waals surface area contributed by atoms with Crippen molar-refractivity contribution in [1.29, 1.82) is 0 Å². The van der Waals surface area contributed by atoms with Gasteiger partial charge in [0.25, 0.3) is 5.91 Å². The number of rotatable bonds is 5. The quantitative estimate of drug-likeness (QED) is 0.675. The summed E-state index contributed by atoms with van der Waals surface area (Å²) < 4.78 is 25.1. The number of anilines is 1. The van der Waals surface area contributed by atoms with E-state index in [0.717, 1.165) is 22.4 Å². The molecule has 0 aliphatic rings. The molecule has 0 spiro atoms. The molecule has 4 nitrogen and oxygen atoms in total. The van der Waals surface area contributed by atoms with Gasteiger partial charge >= 0.3 is 0 Å². The van der Waals surface area contributed by atoms with E-state index < -0.39 is 9.84 Å². The van der Waals surface area contributed by atoms with Crippen molar-refractivity contribution in [2.24, 2.45) is 0 Å². The molecule has 1 amide bonds. The molecule has 0 radical (unpaired) electrons. The van der Waals surface area contributed by atoms with Gasteiger partial charge in [0.2, 0.25) is 0 Å². The highest BCUT2D eigenvalue weighted by molar-refractivity contribution is 7.90. The first-order valence-electron chi connectivity index (χ1n) is 9.01. The lowest BCUT2D eigenvalue weighted by Gasteiger charge is -2.10. The summed E-state index contributed by atoms with van der Waals surface area (Å²) in [7, 11) is -3.42. The number of nitrogens with one attached hydrogen (secondary N) is 1. The van der Waals surface area contributed by atoms with Crippen LogP contribution in [-0.2, 0) is 15.6 Å². The summed E-state index contributed by atoms with van der Waals surface area (Å²) >= 11 is 0. The number of benzene rings is 3. The summed E-state index contributed by atoms with van der Waals surface area (Å²) in [5, 5.41) is 2.91. The van der Waals surface area contributed by atoms with Crippen molar-refractivity contribution >= 4 is 21.4 Å². The Morgan fingerprint density at radius 2 is 1.43 bits per heavy atom. The Labute approximate surface area is 166 Å². The molecule has 1 N–H and O–H groups in total. The van der Waals surface area contributed by atoms with E-state index in [1.165, 1.54) is 0 Å². The van der Waals surface area contributed by atoms with Gasteiger partial charge in [0, 0.05) is 11.3 Å². The number of hydrogen-bond donors (Lipinski definition) is 1. The summed E-state index contributed by atoms with van der Waals surface area (Å²) in [6.07, 6.45) is 0. The summed E-state index contributed by atoms with van der Waals surface area (Å²) in [4.78, 5) is 12.8. The fourth-order valence-corrected chi connectivity index (χ4v) is 4.21. The fraction of sp³-hybridized carbons (Fsp3) is 0.174. The molecule has 0 aliphatic heterocycles. The second-order valence-corrected chi connectivity index (χ2v) is 9.03. The Hall–Kier alpha value is -2.92. The van der Waals surface area contributed by atoms with E-state index in [-0.39, 0.29) is 11.7 Å². The maximum Gasteiger partial charge on any atom is 0.255 e. The number of amides is 1. The Balaban J connectivity index is 1.73. The van der Waals surface area contributed by atoms with E-state index in [9.17, 15) is 13.2 Å². The van der Waals surface area contributed by atoms with Gasteiger partial charge in [-0.25, -0.2) is 8.42 Å². The Morgan fingerprint density at radius 3 is 2.07 bits per heavy atom. The lowest BCUT2D eigenvalue weighted by Crippen LogP contribution is -2.13. The summed E-state index contributed by atoms with van der Waals surface area (Å²) in [5.41, 5.74) is 4.97. The van der Waals surface area contributed by atoms with Gasteiger partial charge in [-0.15, -0.1) is 0 Å². The minimum absolute atomic E-state index is 0.102. The van der Waals surface area contributed by atoms with Gasteiger partial charge in [-0.3, -0.25) is 4.79 Å². The third-order valence-corrected chi connectivity index (χ3v) is 6.30. The second-order valence-electron chi connectivity index (χ2n) is 7.04. The third kappa shape index (κ3) is 4.67. The van der Waals surface area contributed by atoms with Crippen LogP contribution in [0.15, 0.2) is 71.6 Å². The summed E-state index contributed by atoms with van der Waals surface area (Å²) in [6.45, 7) is 5.82. The molecule has 0 aromatic heterocycles. The van der Waals surface area contributed by atoms with E-state index >= 15 is 0 Å². The first kappa shape index (κ1) is 19.8. The van der Waals surface area contributed by atoms with Gasteiger partial charge in [0.15, 0.2) is 9.84 Å². The van der Waals surface area contributed by atoms with Crippen LogP contribution in [0.4, 0.5) is 5.69 Å². The van der Waals surface area contributed by atoms with E-state index in [0.29, 0.717) is 16.0 Å². The van der Waals surface area contributed by atoms with Crippen molar-refractivity contribution in [3.05, 3.63) is 94.5 Å². The molecular weight excluding hydrogens is 370 g/mol. The SMILES string of the molecule is Cc1ccc(S(=O)(=O)Cc2ccc(C(=O)Nc3cc(C)ccc3C)cc2)cc1. The predicted molar refractivity (Wildman–Crippen MR) is 112 cm³/mol. The highest BCUT2D eigenvalue weighted by Gasteiger charge is 2.16. The normalized spacial score (nSPS) is 11.2. The van der Waals surface area contributed by atoms with Crippen LogP contribution < -0.4 is 5.32 Å². The molecule has 28 heavy (non-hydrogen) atoms. The summed E-state index contributed by atoms with van der Waals surface area (Å²) in [5.74, 6) is -0.323. The topological polar surface area (TPSA) is 63.2 Å². The van der Waals surface area contributed by atoms with Crippen LogP contribution in [0.1, 0.15) is 32.6 Å². The van der Waals surface area contributed by atoms with Crippen LogP contribution in [0.5, 0.6) is 0 Å². The maximum absolute atomic E-state index is 12.6. The second kappa shape index (κ2) is 7.98. The molecule has 3 aromatic rings. The highest BCUT2D eigenvalue weighted by Crippen LogP contribution is 2.20. The molecule has 0 aliphatic carbocycles. The number of carbonyl (C=O) groups is 1. The van der Waals surface area contributed by atoms with Crippen LogP contribution in [-0.4, -0.2) is 14.3 Å². The smallest absolute Gasteiger partial charge is 0.255 e. The largest absolute Gasteiger partial charge is 0.322 e. The Morgan fingerprint density at radius 1 is 0.821 bits per heavy atom. The number of sulfone groups is 1. The van der Waals surface area contributed by atoms with E-state index in [4.69, 9.17) is 0 Å². The van der Waals surface area contributed by atoms with Gasteiger partial charge in [0.05, 0.1) is 10.6 Å². The van der Waals surface area contributed by atoms with Crippen molar-refractivity contribution in [1.82, 2.24) is 0 Å². The summed E-state index contributed by atoms with van der Waals surface area (Å²) in [6, 6.07) is 19.4. The van der Waals surface area contributed by atoms with Gasteiger partial charge in [-0.2, -0.15) is 0 Å².